The number of hydrogen-bond donors (Lipinski definition) is 1. The second-order valence-corrected chi connectivity index (χ2v) is 4.58. The Hall–Kier alpha value is -0.0800. The lowest BCUT2D eigenvalue weighted by atomic mass is 9.91. The van der Waals surface area contributed by atoms with Crippen LogP contribution in [0.4, 0.5) is 0 Å². The Labute approximate surface area is 81.0 Å². The highest BCUT2D eigenvalue weighted by molar-refractivity contribution is 4.84. The van der Waals surface area contributed by atoms with Gasteiger partial charge in [0.25, 0.3) is 0 Å². The number of methoxy groups -OCH3 is 1. The average molecular weight is 183 g/mol. The molecule has 1 saturated heterocycles. The highest BCUT2D eigenvalue weighted by Crippen LogP contribution is 2.32. The molecule has 2 nitrogen and oxygen atoms in total. The first-order valence-corrected chi connectivity index (χ1v) is 5.63. The van der Waals surface area contributed by atoms with Crippen molar-refractivity contribution >= 4 is 0 Å². The van der Waals surface area contributed by atoms with E-state index in [-0.39, 0.29) is 0 Å². The fourth-order valence-corrected chi connectivity index (χ4v) is 2.89. The first-order chi connectivity index (χ1) is 6.40. The summed E-state index contributed by atoms with van der Waals surface area (Å²) in [6, 6.07) is 0. The first-order valence-electron chi connectivity index (χ1n) is 5.63. The van der Waals surface area contributed by atoms with Gasteiger partial charge in [0, 0.05) is 20.2 Å². The fourth-order valence-electron chi connectivity index (χ4n) is 2.89. The molecule has 76 valence electrons. The van der Waals surface area contributed by atoms with Crippen molar-refractivity contribution in [1.29, 1.82) is 0 Å². The molecule has 0 bridgehead atoms. The Morgan fingerprint density at radius 2 is 2.00 bits per heavy atom. The van der Waals surface area contributed by atoms with Crippen LogP contribution in [0.5, 0.6) is 0 Å². The molecule has 0 amide bonds. The predicted octanol–water partition coefficient (Wildman–Crippen LogP) is 1.80. The van der Waals surface area contributed by atoms with Crippen LogP contribution in [-0.2, 0) is 4.74 Å². The van der Waals surface area contributed by atoms with E-state index in [4.69, 9.17) is 4.74 Å². The van der Waals surface area contributed by atoms with E-state index in [0.717, 1.165) is 18.4 Å². The van der Waals surface area contributed by atoms with Gasteiger partial charge in [0.1, 0.15) is 0 Å². The molecule has 0 aromatic rings. The molecule has 2 unspecified atom stereocenters. The van der Waals surface area contributed by atoms with Crippen molar-refractivity contribution < 1.29 is 4.74 Å². The summed E-state index contributed by atoms with van der Waals surface area (Å²) >= 11 is 0. The van der Waals surface area contributed by atoms with E-state index >= 15 is 0 Å². The summed E-state index contributed by atoms with van der Waals surface area (Å²) < 4.78 is 5.47. The number of ether oxygens (including phenoxy) is 1. The maximum atomic E-state index is 5.47. The second kappa shape index (κ2) is 4.43. The van der Waals surface area contributed by atoms with E-state index in [1.165, 1.54) is 38.6 Å². The molecule has 13 heavy (non-hydrogen) atoms. The molecule has 1 aliphatic carbocycles. The lowest BCUT2D eigenvalue weighted by Gasteiger charge is -2.20. The van der Waals surface area contributed by atoms with Gasteiger partial charge >= 0.3 is 0 Å². The summed E-state index contributed by atoms with van der Waals surface area (Å²) in [6.45, 7) is 2.24. The molecular formula is C11H21NO. The van der Waals surface area contributed by atoms with Gasteiger partial charge in [0.2, 0.25) is 0 Å². The quantitative estimate of drug-likeness (QED) is 0.720. The van der Waals surface area contributed by atoms with Crippen LogP contribution < -0.4 is 5.32 Å². The minimum atomic E-state index is 0.487. The largest absolute Gasteiger partial charge is 0.380 e. The maximum Gasteiger partial charge on any atom is 0.0735 e. The van der Waals surface area contributed by atoms with Gasteiger partial charge in [0.15, 0.2) is 0 Å². The van der Waals surface area contributed by atoms with E-state index in [2.05, 4.69) is 5.32 Å². The normalized spacial score (nSPS) is 35.8. The summed E-state index contributed by atoms with van der Waals surface area (Å²) in [5.74, 6) is 1.79. The van der Waals surface area contributed by atoms with Crippen molar-refractivity contribution in [3.05, 3.63) is 0 Å². The molecule has 2 aliphatic rings. The zero-order chi connectivity index (χ0) is 9.10. The Kier molecular flexibility index (Phi) is 3.23. The molecule has 0 spiro atoms. The first kappa shape index (κ1) is 9.47. The molecule has 2 fully saturated rings. The van der Waals surface area contributed by atoms with Crippen LogP contribution in [0, 0.1) is 11.8 Å². The molecule has 1 N–H and O–H groups in total. The van der Waals surface area contributed by atoms with Crippen molar-refractivity contribution in [2.24, 2.45) is 11.8 Å². The average Bonchev–Trinajstić information content (AvgIpc) is 2.76. The summed E-state index contributed by atoms with van der Waals surface area (Å²) in [6.07, 6.45) is 7.73. The molecule has 2 heteroatoms. The third-order valence-corrected chi connectivity index (χ3v) is 3.69. The van der Waals surface area contributed by atoms with Crippen LogP contribution in [0.3, 0.4) is 0 Å². The minimum absolute atomic E-state index is 0.487. The zero-order valence-corrected chi connectivity index (χ0v) is 8.59. The number of rotatable bonds is 3. The van der Waals surface area contributed by atoms with Crippen molar-refractivity contribution in [1.82, 2.24) is 5.32 Å². The molecule has 0 aromatic heterocycles. The van der Waals surface area contributed by atoms with E-state index < -0.39 is 0 Å². The molecule has 1 heterocycles. The van der Waals surface area contributed by atoms with Crippen LogP contribution >= 0.6 is 0 Å². The van der Waals surface area contributed by atoms with Crippen LogP contribution in [-0.4, -0.2) is 26.3 Å². The Morgan fingerprint density at radius 3 is 2.69 bits per heavy atom. The summed E-state index contributed by atoms with van der Waals surface area (Å²) in [5.41, 5.74) is 0. The van der Waals surface area contributed by atoms with Crippen LogP contribution in [0.2, 0.25) is 0 Å². The SMILES string of the molecule is COC1CNCC1CC1CCCC1. The molecule has 1 aliphatic heterocycles. The van der Waals surface area contributed by atoms with Crippen LogP contribution in [0.1, 0.15) is 32.1 Å². The summed E-state index contributed by atoms with van der Waals surface area (Å²) in [4.78, 5) is 0. The molecule has 2 rings (SSSR count). The van der Waals surface area contributed by atoms with Crippen LogP contribution in [0.15, 0.2) is 0 Å². The lowest BCUT2D eigenvalue weighted by Crippen LogP contribution is -2.22. The molecular weight excluding hydrogens is 162 g/mol. The third-order valence-electron chi connectivity index (χ3n) is 3.69. The molecule has 0 radical (unpaired) electrons. The number of nitrogens with one attached hydrogen (secondary N) is 1. The predicted molar refractivity (Wildman–Crippen MR) is 53.7 cm³/mol. The second-order valence-electron chi connectivity index (χ2n) is 4.58. The highest BCUT2D eigenvalue weighted by Gasteiger charge is 2.29. The standard InChI is InChI=1S/C11H21NO/c1-13-11-8-12-7-10(11)6-9-4-2-3-5-9/h9-12H,2-8H2,1H3. The fraction of sp³-hybridized carbons (Fsp3) is 1.00. The van der Waals surface area contributed by atoms with Gasteiger partial charge in [-0.2, -0.15) is 0 Å². The third kappa shape index (κ3) is 2.23. The lowest BCUT2D eigenvalue weighted by molar-refractivity contribution is 0.0738. The Balaban J connectivity index is 1.79. The summed E-state index contributed by atoms with van der Waals surface area (Å²) in [7, 11) is 1.85. The molecule has 2 atom stereocenters. The van der Waals surface area contributed by atoms with Gasteiger partial charge < -0.3 is 10.1 Å². The van der Waals surface area contributed by atoms with Gasteiger partial charge in [-0.3, -0.25) is 0 Å². The highest BCUT2D eigenvalue weighted by atomic mass is 16.5. The van der Waals surface area contributed by atoms with E-state index in [0.29, 0.717) is 6.10 Å². The van der Waals surface area contributed by atoms with Crippen LogP contribution in [0.25, 0.3) is 0 Å². The van der Waals surface area contributed by atoms with Crippen molar-refractivity contribution in [3.8, 4) is 0 Å². The van der Waals surface area contributed by atoms with E-state index in [1.807, 2.05) is 7.11 Å². The van der Waals surface area contributed by atoms with Gasteiger partial charge in [-0.15, -0.1) is 0 Å². The molecule has 1 saturated carbocycles. The van der Waals surface area contributed by atoms with Gasteiger partial charge in [-0.1, -0.05) is 25.7 Å². The van der Waals surface area contributed by atoms with E-state index in [1.54, 1.807) is 0 Å². The topological polar surface area (TPSA) is 21.3 Å². The monoisotopic (exact) mass is 183 g/mol. The van der Waals surface area contributed by atoms with Crippen molar-refractivity contribution in [3.63, 3.8) is 0 Å². The Bertz CT molecular complexity index is 154. The van der Waals surface area contributed by atoms with E-state index in [9.17, 15) is 0 Å². The molecule has 0 aromatic carbocycles. The minimum Gasteiger partial charge on any atom is -0.380 e. The van der Waals surface area contributed by atoms with Crippen molar-refractivity contribution in [2.75, 3.05) is 20.2 Å². The Morgan fingerprint density at radius 1 is 1.23 bits per heavy atom. The van der Waals surface area contributed by atoms with Gasteiger partial charge in [-0.05, 0) is 18.3 Å². The maximum absolute atomic E-state index is 5.47. The van der Waals surface area contributed by atoms with Gasteiger partial charge in [0.05, 0.1) is 6.10 Å². The summed E-state index contributed by atoms with van der Waals surface area (Å²) in [5, 5.41) is 3.42. The number of hydrogen-bond acceptors (Lipinski definition) is 2. The zero-order valence-electron chi connectivity index (χ0n) is 8.59. The smallest absolute Gasteiger partial charge is 0.0735 e. The van der Waals surface area contributed by atoms with Crippen molar-refractivity contribution in [2.45, 2.75) is 38.2 Å². The van der Waals surface area contributed by atoms with Gasteiger partial charge in [-0.25, -0.2) is 0 Å².